The largest absolute Gasteiger partial charge is 0.494 e. The summed E-state index contributed by atoms with van der Waals surface area (Å²) in [6, 6.07) is 7.68. The summed E-state index contributed by atoms with van der Waals surface area (Å²) < 4.78 is 13.5. The summed E-state index contributed by atoms with van der Waals surface area (Å²) in [5.74, 6) is 0.920. The quantitative estimate of drug-likeness (QED) is 0.207. The fourth-order valence-corrected chi connectivity index (χ4v) is 3.84. The van der Waals surface area contributed by atoms with Gasteiger partial charge in [-0.25, -0.2) is 4.67 Å². The van der Waals surface area contributed by atoms with Crippen molar-refractivity contribution in [2.45, 2.75) is 19.4 Å². The number of carbonyl (C=O) groups is 1. The van der Waals surface area contributed by atoms with Crippen LogP contribution >= 0.6 is 31.7 Å². The highest BCUT2D eigenvalue weighted by molar-refractivity contribution is 7.47. The number of halogens is 2. The van der Waals surface area contributed by atoms with Crippen LogP contribution in [0.25, 0.3) is 0 Å². The molecule has 10 heteroatoms. The van der Waals surface area contributed by atoms with E-state index in [4.69, 9.17) is 43.1 Å². The Morgan fingerprint density at radius 1 is 1.26 bits per heavy atom. The number of aliphatic carboxylic acids is 1. The predicted octanol–water partition coefficient (Wildman–Crippen LogP) is 3.00. The van der Waals surface area contributed by atoms with Gasteiger partial charge in [-0.15, -0.1) is 23.2 Å². The predicted molar refractivity (Wildman–Crippen MR) is 111 cm³/mol. The zero-order valence-electron chi connectivity index (χ0n) is 15.3. The van der Waals surface area contributed by atoms with Crippen molar-refractivity contribution in [2.75, 3.05) is 44.5 Å². The maximum absolute atomic E-state index is 10.4. The van der Waals surface area contributed by atoms with E-state index in [1.165, 1.54) is 0 Å². The van der Waals surface area contributed by atoms with Crippen molar-refractivity contribution in [1.29, 1.82) is 0 Å². The van der Waals surface area contributed by atoms with Crippen LogP contribution < -0.4 is 15.6 Å². The summed E-state index contributed by atoms with van der Waals surface area (Å²) in [6.45, 7) is 3.39. The van der Waals surface area contributed by atoms with Gasteiger partial charge in [0.25, 0.3) is 0 Å². The highest BCUT2D eigenvalue weighted by Gasteiger charge is 2.14. The highest BCUT2D eigenvalue weighted by atomic mass is 35.5. The number of carboxylic acid groups (broad SMARTS) is 1. The molecule has 0 aliphatic heterocycles. The lowest BCUT2D eigenvalue weighted by molar-refractivity contribution is -0.136. The molecule has 154 valence electrons. The van der Waals surface area contributed by atoms with Gasteiger partial charge in [0.15, 0.2) is 8.45 Å². The monoisotopic (exact) mass is 439 g/mol. The Kier molecular flexibility index (Phi) is 13.8. The van der Waals surface area contributed by atoms with Crippen LogP contribution in [-0.4, -0.2) is 60.3 Å². The lowest BCUT2D eigenvalue weighted by Gasteiger charge is -2.25. The fourth-order valence-electron chi connectivity index (χ4n) is 2.16. The van der Waals surface area contributed by atoms with Crippen LogP contribution in [0.2, 0.25) is 0 Å². The molecule has 0 aliphatic rings. The van der Waals surface area contributed by atoms with E-state index < -0.39 is 14.4 Å². The smallest absolute Gasteiger partial charge is 0.304 e. The molecule has 1 unspecified atom stereocenters. The van der Waals surface area contributed by atoms with Gasteiger partial charge >= 0.3 is 5.97 Å². The Labute approximate surface area is 172 Å². The number of benzene rings is 1. The van der Waals surface area contributed by atoms with Gasteiger partial charge in [0.2, 0.25) is 0 Å². The summed E-state index contributed by atoms with van der Waals surface area (Å²) >= 11 is 11.6. The topological polar surface area (TPSA) is 97.1 Å². The van der Waals surface area contributed by atoms with E-state index in [1.807, 2.05) is 28.9 Å². The summed E-state index contributed by atoms with van der Waals surface area (Å²) in [4.78, 5) is 10.4. The van der Waals surface area contributed by atoms with E-state index in [-0.39, 0.29) is 6.42 Å². The molecule has 0 aliphatic carbocycles. The van der Waals surface area contributed by atoms with Crippen molar-refractivity contribution >= 4 is 37.6 Å². The molecular weight excluding hydrogens is 412 g/mol. The van der Waals surface area contributed by atoms with Crippen LogP contribution in [0.3, 0.4) is 0 Å². The number of hydrogen-bond acceptors (Lipinski definition) is 6. The van der Waals surface area contributed by atoms with Crippen LogP contribution in [-0.2, 0) is 15.9 Å². The second-order valence-corrected chi connectivity index (χ2v) is 7.84. The van der Waals surface area contributed by atoms with E-state index in [9.17, 15) is 4.79 Å². The maximum Gasteiger partial charge on any atom is 0.304 e. The van der Waals surface area contributed by atoms with Crippen LogP contribution in [0.5, 0.6) is 5.75 Å². The van der Waals surface area contributed by atoms with E-state index >= 15 is 0 Å². The molecule has 1 rings (SSSR count). The highest BCUT2D eigenvalue weighted by Crippen LogP contribution is 2.34. The van der Waals surface area contributed by atoms with E-state index in [1.54, 1.807) is 0 Å². The third-order valence-electron chi connectivity index (χ3n) is 3.51. The van der Waals surface area contributed by atoms with Crippen molar-refractivity contribution in [3.05, 3.63) is 29.8 Å². The van der Waals surface area contributed by atoms with Gasteiger partial charge in [-0.2, -0.15) is 0 Å². The minimum absolute atomic E-state index is 0.125. The molecule has 0 saturated carbocycles. The molecule has 0 amide bonds. The van der Waals surface area contributed by atoms with Gasteiger partial charge in [0.1, 0.15) is 5.75 Å². The Morgan fingerprint density at radius 3 is 2.67 bits per heavy atom. The standard InChI is InChI=1S/C17H28Cl2N3O4P/c18-6-10-22(11-7-19)27(20)26-14-15-3-1-4-16(13-15)25-12-2-8-21-9-5-17(23)24/h1,3-4,13,21H,2,5-12,14,20H2,(H,23,24). The van der Waals surface area contributed by atoms with Crippen molar-refractivity contribution in [3.8, 4) is 5.75 Å². The first-order valence-corrected chi connectivity index (χ1v) is 11.1. The number of rotatable bonds is 16. The van der Waals surface area contributed by atoms with E-state index in [2.05, 4.69) is 5.32 Å². The molecule has 0 heterocycles. The van der Waals surface area contributed by atoms with Crippen LogP contribution in [0.4, 0.5) is 0 Å². The Balaban J connectivity index is 2.31. The molecule has 0 saturated heterocycles. The number of carboxylic acids is 1. The molecule has 4 N–H and O–H groups in total. The van der Waals surface area contributed by atoms with Gasteiger partial charge < -0.3 is 19.7 Å². The number of alkyl halides is 2. The number of hydrogen-bond donors (Lipinski definition) is 3. The lowest BCUT2D eigenvalue weighted by Crippen LogP contribution is -2.26. The minimum atomic E-state index is -1.24. The van der Waals surface area contributed by atoms with E-state index in [0.29, 0.717) is 51.2 Å². The van der Waals surface area contributed by atoms with Crippen LogP contribution in [0.1, 0.15) is 18.4 Å². The second kappa shape index (κ2) is 15.3. The Morgan fingerprint density at radius 2 is 2.00 bits per heavy atom. The molecule has 0 radical (unpaired) electrons. The first-order valence-electron chi connectivity index (χ1n) is 8.75. The molecule has 0 aromatic heterocycles. The third-order valence-corrected chi connectivity index (χ3v) is 5.20. The van der Waals surface area contributed by atoms with Crippen molar-refractivity contribution in [3.63, 3.8) is 0 Å². The first kappa shape index (κ1) is 24.4. The maximum atomic E-state index is 10.4. The lowest BCUT2D eigenvalue weighted by atomic mass is 10.2. The molecule has 1 atom stereocenters. The molecular formula is C17H28Cl2N3O4P. The number of nitrogens with one attached hydrogen (secondary N) is 1. The summed E-state index contributed by atoms with van der Waals surface area (Å²) in [5.41, 5.74) is 7.08. The van der Waals surface area contributed by atoms with E-state index in [0.717, 1.165) is 17.7 Å². The van der Waals surface area contributed by atoms with Crippen molar-refractivity contribution < 1.29 is 19.2 Å². The molecule has 7 nitrogen and oxygen atoms in total. The van der Waals surface area contributed by atoms with Gasteiger partial charge in [0.05, 0.1) is 19.6 Å². The SMILES string of the molecule is NP(OCc1cccc(OCCCNCCC(=O)O)c1)N(CCCl)CCCl. The molecule has 0 spiro atoms. The molecule has 0 bridgehead atoms. The summed E-state index contributed by atoms with van der Waals surface area (Å²) in [5, 5.41) is 11.6. The van der Waals surface area contributed by atoms with Crippen molar-refractivity contribution in [1.82, 2.24) is 9.99 Å². The Hall–Kier alpha value is -0.660. The summed E-state index contributed by atoms with van der Waals surface area (Å²) in [6.07, 6.45) is 0.917. The average molecular weight is 440 g/mol. The molecule has 1 aromatic carbocycles. The van der Waals surface area contributed by atoms with Gasteiger partial charge in [-0.1, -0.05) is 12.1 Å². The second-order valence-electron chi connectivity index (χ2n) is 5.65. The zero-order valence-corrected chi connectivity index (χ0v) is 17.7. The van der Waals surface area contributed by atoms with Crippen LogP contribution in [0, 0.1) is 0 Å². The molecule has 27 heavy (non-hydrogen) atoms. The van der Waals surface area contributed by atoms with Gasteiger partial charge in [-0.3, -0.25) is 10.3 Å². The Bertz CT molecular complexity index is 537. The molecule has 0 fully saturated rings. The fraction of sp³-hybridized carbons (Fsp3) is 0.588. The first-order chi connectivity index (χ1) is 13.1. The number of nitrogens with zero attached hydrogens (tertiary/aromatic N) is 1. The van der Waals surface area contributed by atoms with Crippen molar-refractivity contribution in [2.24, 2.45) is 5.50 Å². The average Bonchev–Trinajstić information content (AvgIpc) is 2.65. The summed E-state index contributed by atoms with van der Waals surface area (Å²) in [7, 11) is -1.24. The van der Waals surface area contributed by atoms with Gasteiger partial charge in [0, 0.05) is 31.4 Å². The normalized spacial score (nSPS) is 12.3. The van der Waals surface area contributed by atoms with Crippen LogP contribution in [0.15, 0.2) is 24.3 Å². The third kappa shape index (κ3) is 11.7. The molecule has 1 aromatic rings. The number of nitrogens with two attached hydrogens (primary N) is 1. The number of ether oxygens (including phenoxy) is 1. The minimum Gasteiger partial charge on any atom is -0.494 e. The zero-order chi connectivity index (χ0) is 19.9. The van der Waals surface area contributed by atoms with Gasteiger partial charge in [-0.05, 0) is 30.7 Å².